The highest BCUT2D eigenvalue weighted by Gasteiger charge is 2.08. The number of hydrogen-bond donors (Lipinski definition) is 2. The molecular weight excluding hydrogens is 428 g/mol. The molecule has 0 heterocycles. The summed E-state index contributed by atoms with van der Waals surface area (Å²) in [5.74, 6) is 0.447. The van der Waals surface area contributed by atoms with Crippen molar-refractivity contribution in [2.24, 2.45) is 0 Å². The van der Waals surface area contributed by atoms with Crippen LogP contribution in [0, 0.1) is 20.8 Å². The van der Waals surface area contributed by atoms with Crippen LogP contribution in [0.3, 0.4) is 0 Å². The van der Waals surface area contributed by atoms with Crippen molar-refractivity contribution >= 4 is 33.2 Å². The molecule has 0 radical (unpaired) electrons. The highest BCUT2D eigenvalue weighted by molar-refractivity contribution is 9.10. The molecule has 3 aromatic carbocycles. The normalized spacial score (nSPS) is 10.5. The Kier molecular flexibility index (Phi) is 6.94. The van der Waals surface area contributed by atoms with Gasteiger partial charge in [0.2, 0.25) is 0 Å². The lowest BCUT2D eigenvalue weighted by atomic mass is 10.1. The third kappa shape index (κ3) is 5.84. The summed E-state index contributed by atoms with van der Waals surface area (Å²) in [6.45, 7) is 6.87. The van der Waals surface area contributed by atoms with Gasteiger partial charge in [-0.05, 0) is 89.3 Å². The molecule has 3 aromatic rings. The van der Waals surface area contributed by atoms with Crippen molar-refractivity contribution in [3.8, 4) is 5.75 Å². The molecule has 3 rings (SSSR count). The molecule has 0 saturated heterocycles. The average Bonchev–Trinajstić information content (AvgIpc) is 2.68. The van der Waals surface area contributed by atoms with E-state index in [9.17, 15) is 4.79 Å². The smallest absolute Gasteiger partial charge is 0.262 e. The van der Waals surface area contributed by atoms with Crippen LogP contribution < -0.4 is 15.4 Å². The summed E-state index contributed by atoms with van der Waals surface area (Å²) in [7, 11) is 0. The summed E-state index contributed by atoms with van der Waals surface area (Å²) >= 11 is 3.54. The van der Waals surface area contributed by atoms with E-state index in [1.807, 2.05) is 49.4 Å². The number of rotatable bonds is 7. The van der Waals surface area contributed by atoms with E-state index in [2.05, 4.69) is 58.6 Å². The number of anilines is 2. The van der Waals surface area contributed by atoms with E-state index < -0.39 is 0 Å². The Balaban J connectivity index is 1.55. The van der Waals surface area contributed by atoms with Crippen LogP contribution in [-0.4, -0.2) is 12.5 Å². The van der Waals surface area contributed by atoms with Gasteiger partial charge in [0, 0.05) is 17.9 Å². The fourth-order valence-corrected chi connectivity index (χ4v) is 3.52. The molecule has 0 aliphatic heterocycles. The van der Waals surface area contributed by atoms with Crippen molar-refractivity contribution in [2.45, 2.75) is 27.3 Å². The number of amides is 1. The lowest BCUT2D eigenvalue weighted by molar-refractivity contribution is -0.118. The Morgan fingerprint density at radius 3 is 2.55 bits per heavy atom. The van der Waals surface area contributed by atoms with Gasteiger partial charge in [-0.3, -0.25) is 4.79 Å². The van der Waals surface area contributed by atoms with Gasteiger partial charge in [0.25, 0.3) is 5.91 Å². The zero-order chi connectivity index (χ0) is 20.8. The molecule has 5 heteroatoms. The zero-order valence-corrected chi connectivity index (χ0v) is 18.5. The first-order chi connectivity index (χ1) is 13.9. The minimum absolute atomic E-state index is 0.0490. The number of carbonyl (C=O) groups is 1. The van der Waals surface area contributed by atoms with Gasteiger partial charge in [-0.25, -0.2) is 0 Å². The lowest BCUT2D eigenvalue weighted by Gasteiger charge is -2.13. The molecule has 4 nitrogen and oxygen atoms in total. The fourth-order valence-electron chi connectivity index (χ4n) is 2.97. The molecule has 2 N–H and O–H groups in total. The standard InChI is InChI=1S/C24H25BrN2O2/c1-16-6-4-8-20(12-16)27-24(28)15-29-23-11-10-19(13-21(23)25)14-26-22-9-5-7-17(2)18(22)3/h4-13,26H,14-15H2,1-3H3,(H,27,28). The first-order valence-corrected chi connectivity index (χ1v) is 10.3. The molecule has 150 valence electrons. The van der Waals surface area contributed by atoms with Gasteiger partial charge >= 0.3 is 0 Å². The zero-order valence-electron chi connectivity index (χ0n) is 16.9. The van der Waals surface area contributed by atoms with Gasteiger partial charge in [-0.1, -0.05) is 30.3 Å². The maximum absolute atomic E-state index is 12.1. The van der Waals surface area contributed by atoms with Crippen molar-refractivity contribution in [3.05, 3.63) is 87.4 Å². The number of nitrogens with one attached hydrogen (secondary N) is 2. The summed E-state index contributed by atoms with van der Waals surface area (Å²) in [4.78, 5) is 12.1. The van der Waals surface area contributed by atoms with Gasteiger partial charge in [0.1, 0.15) is 5.75 Å². The summed E-state index contributed by atoms with van der Waals surface area (Å²) in [6.07, 6.45) is 0. The second-order valence-electron chi connectivity index (χ2n) is 7.07. The van der Waals surface area contributed by atoms with Crippen molar-refractivity contribution in [2.75, 3.05) is 17.2 Å². The van der Waals surface area contributed by atoms with E-state index in [0.717, 1.165) is 27.0 Å². The molecule has 0 unspecified atom stereocenters. The second-order valence-corrected chi connectivity index (χ2v) is 7.93. The molecular formula is C24H25BrN2O2. The maximum Gasteiger partial charge on any atom is 0.262 e. The van der Waals surface area contributed by atoms with Crippen molar-refractivity contribution in [3.63, 3.8) is 0 Å². The van der Waals surface area contributed by atoms with Crippen LogP contribution in [-0.2, 0) is 11.3 Å². The lowest BCUT2D eigenvalue weighted by Crippen LogP contribution is -2.20. The number of halogens is 1. The number of aryl methyl sites for hydroxylation is 2. The first-order valence-electron chi connectivity index (χ1n) is 9.50. The number of benzene rings is 3. The Hall–Kier alpha value is -2.79. The summed E-state index contributed by atoms with van der Waals surface area (Å²) < 4.78 is 6.49. The van der Waals surface area contributed by atoms with Gasteiger partial charge in [0.15, 0.2) is 6.61 Å². The Morgan fingerprint density at radius 2 is 1.79 bits per heavy atom. The molecule has 0 aromatic heterocycles. The van der Waals surface area contributed by atoms with Crippen molar-refractivity contribution < 1.29 is 9.53 Å². The van der Waals surface area contributed by atoms with E-state index in [1.165, 1.54) is 11.1 Å². The number of ether oxygens (including phenoxy) is 1. The van der Waals surface area contributed by atoms with Crippen molar-refractivity contribution in [1.29, 1.82) is 0 Å². The third-order valence-electron chi connectivity index (χ3n) is 4.74. The van der Waals surface area contributed by atoms with Crippen LogP contribution in [0.1, 0.15) is 22.3 Å². The van der Waals surface area contributed by atoms with Gasteiger partial charge in [0.05, 0.1) is 4.47 Å². The Labute approximate surface area is 180 Å². The monoisotopic (exact) mass is 452 g/mol. The molecule has 0 fully saturated rings. The topological polar surface area (TPSA) is 50.4 Å². The first kappa shape index (κ1) is 20.9. The third-order valence-corrected chi connectivity index (χ3v) is 5.36. The Morgan fingerprint density at radius 1 is 1.00 bits per heavy atom. The van der Waals surface area contributed by atoms with Crippen LogP contribution in [0.5, 0.6) is 5.75 Å². The van der Waals surface area contributed by atoms with Crippen LogP contribution in [0.4, 0.5) is 11.4 Å². The second kappa shape index (κ2) is 9.61. The van der Waals surface area contributed by atoms with Crippen LogP contribution in [0.15, 0.2) is 65.1 Å². The highest BCUT2D eigenvalue weighted by Crippen LogP contribution is 2.27. The quantitative estimate of drug-likeness (QED) is 0.461. The maximum atomic E-state index is 12.1. The fraction of sp³-hybridized carbons (Fsp3) is 0.208. The minimum atomic E-state index is -0.192. The molecule has 0 atom stereocenters. The van der Waals surface area contributed by atoms with Gasteiger partial charge < -0.3 is 15.4 Å². The summed E-state index contributed by atoms with van der Waals surface area (Å²) in [6, 6.07) is 19.8. The summed E-state index contributed by atoms with van der Waals surface area (Å²) in [5, 5.41) is 6.32. The van der Waals surface area contributed by atoms with Crippen LogP contribution in [0.2, 0.25) is 0 Å². The molecule has 0 saturated carbocycles. The van der Waals surface area contributed by atoms with Crippen LogP contribution in [0.25, 0.3) is 0 Å². The molecule has 0 spiro atoms. The van der Waals surface area contributed by atoms with E-state index in [0.29, 0.717) is 12.3 Å². The van der Waals surface area contributed by atoms with E-state index in [1.54, 1.807) is 0 Å². The van der Waals surface area contributed by atoms with E-state index >= 15 is 0 Å². The molecule has 0 bridgehead atoms. The van der Waals surface area contributed by atoms with Crippen LogP contribution >= 0.6 is 15.9 Å². The SMILES string of the molecule is Cc1cccc(NC(=O)COc2ccc(CNc3cccc(C)c3C)cc2Br)c1. The average molecular weight is 453 g/mol. The van der Waals surface area contributed by atoms with E-state index in [4.69, 9.17) is 4.74 Å². The molecule has 0 aliphatic carbocycles. The predicted molar refractivity (Wildman–Crippen MR) is 123 cm³/mol. The molecule has 29 heavy (non-hydrogen) atoms. The van der Waals surface area contributed by atoms with Crippen molar-refractivity contribution in [1.82, 2.24) is 0 Å². The number of carbonyl (C=O) groups excluding carboxylic acids is 1. The molecule has 1 amide bonds. The largest absolute Gasteiger partial charge is 0.483 e. The highest BCUT2D eigenvalue weighted by atomic mass is 79.9. The molecule has 0 aliphatic rings. The summed E-state index contributed by atoms with van der Waals surface area (Å²) in [5.41, 5.74) is 6.64. The van der Waals surface area contributed by atoms with Gasteiger partial charge in [-0.15, -0.1) is 0 Å². The predicted octanol–water partition coefficient (Wildman–Crippen LogP) is 6.00. The minimum Gasteiger partial charge on any atom is -0.483 e. The number of hydrogen-bond acceptors (Lipinski definition) is 3. The van der Waals surface area contributed by atoms with Gasteiger partial charge in [-0.2, -0.15) is 0 Å². The van der Waals surface area contributed by atoms with E-state index in [-0.39, 0.29) is 12.5 Å². The Bertz CT molecular complexity index is 1020.